The summed E-state index contributed by atoms with van der Waals surface area (Å²) in [6.07, 6.45) is 0. The van der Waals surface area contributed by atoms with E-state index in [4.69, 9.17) is 34.8 Å². The highest BCUT2D eigenvalue weighted by Crippen LogP contribution is 2.14. The summed E-state index contributed by atoms with van der Waals surface area (Å²) in [4.78, 5) is 10.4. The fraction of sp³-hybridized carbons (Fsp3) is 0.200. The number of carbonyl (C=O) groups excluding carboxylic acids is 1. The van der Waals surface area contributed by atoms with Gasteiger partial charge >= 0.3 is 0 Å². The number of nitrogens with zero attached hydrogens (tertiary/aromatic N) is 2. The van der Waals surface area contributed by atoms with Gasteiger partial charge in [-0.2, -0.15) is 5.10 Å². The summed E-state index contributed by atoms with van der Waals surface area (Å²) >= 11 is 16.2. The molecule has 0 atom stereocenters. The second kappa shape index (κ2) is 3.43. The number of rotatable bonds is 2. The minimum absolute atomic E-state index is 0.0624. The largest absolute Gasteiger partial charge is 0.279 e. The number of aromatic nitrogens is 2. The molecule has 0 unspecified atom stereocenters. The molecule has 0 saturated heterocycles. The van der Waals surface area contributed by atoms with E-state index in [1.807, 2.05) is 0 Å². The highest BCUT2D eigenvalue weighted by molar-refractivity contribution is 6.63. The Kier molecular flexibility index (Phi) is 2.76. The van der Waals surface area contributed by atoms with Gasteiger partial charge in [-0.1, -0.05) is 23.2 Å². The topological polar surface area (TPSA) is 34.9 Å². The van der Waals surface area contributed by atoms with E-state index in [2.05, 4.69) is 5.10 Å². The molecule has 3 nitrogen and oxygen atoms in total. The van der Waals surface area contributed by atoms with Crippen LogP contribution in [0.1, 0.15) is 0 Å². The van der Waals surface area contributed by atoms with Crippen LogP contribution in [0, 0.1) is 0 Å². The predicted molar refractivity (Wildman–Crippen MR) is 43.1 cm³/mol. The zero-order valence-corrected chi connectivity index (χ0v) is 7.49. The molecular weight excluding hydrogens is 210 g/mol. The lowest BCUT2D eigenvalue weighted by Gasteiger charge is -1.95. The summed E-state index contributed by atoms with van der Waals surface area (Å²) in [5.41, 5.74) is 0. The first kappa shape index (κ1) is 8.84. The maximum absolute atomic E-state index is 10.4. The number of carbonyl (C=O) groups is 1. The molecule has 1 heterocycles. The first-order chi connectivity index (χ1) is 5.09. The van der Waals surface area contributed by atoms with Crippen LogP contribution in [0.5, 0.6) is 0 Å². The molecule has 60 valence electrons. The van der Waals surface area contributed by atoms with E-state index in [9.17, 15) is 4.79 Å². The van der Waals surface area contributed by atoms with Gasteiger partial charge in [-0.15, -0.1) is 0 Å². The second-order valence-electron chi connectivity index (χ2n) is 1.80. The van der Waals surface area contributed by atoms with Gasteiger partial charge in [0, 0.05) is 6.07 Å². The third kappa shape index (κ3) is 2.36. The minimum Gasteiger partial charge on any atom is -0.279 e. The van der Waals surface area contributed by atoms with Crippen LogP contribution in [-0.2, 0) is 11.3 Å². The van der Waals surface area contributed by atoms with Crippen LogP contribution in [0.15, 0.2) is 6.07 Å². The third-order valence-electron chi connectivity index (χ3n) is 0.975. The molecule has 0 aliphatic heterocycles. The number of hydrogen-bond donors (Lipinski definition) is 0. The Bertz CT molecular complexity index is 283. The van der Waals surface area contributed by atoms with E-state index in [0.717, 1.165) is 0 Å². The molecular formula is C5H3Cl3N2O. The quantitative estimate of drug-likeness (QED) is 0.704. The van der Waals surface area contributed by atoms with Gasteiger partial charge in [-0.05, 0) is 11.6 Å². The average molecular weight is 213 g/mol. The van der Waals surface area contributed by atoms with Crippen molar-refractivity contribution in [1.29, 1.82) is 0 Å². The van der Waals surface area contributed by atoms with Crippen LogP contribution in [0.3, 0.4) is 0 Å². The lowest BCUT2D eigenvalue weighted by atomic mass is 10.7. The van der Waals surface area contributed by atoms with Crippen molar-refractivity contribution in [2.45, 2.75) is 6.54 Å². The fourth-order valence-electron chi connectivity index (χ4n) is 0.593. The van der Waals surface area contributed by atoms with Crippen LogP contribution >= 0.6 is 34.8 Å². The van der Waals surface area contributed by atoms with Gasteiger partial charge in [0.25, 0.3) is 0 Å². The van der Waals surface area contributed by atoms with E-state index in [1.54, 1.807) is 0 Å². The Labute approximate surface area is 77.8 Å². The molecule has 0 amide bonds. The molecule has 1 aromatic heterocycles. The van der Waals surface area contributed by atoms with Crippen LogP contribution < -0.4 is 0 Å². The highest BCUT2D eigenvalue weighted by atomic mass is 35.5. The molecule has 0 N–H and O–H groups in total. The Balaban J connectivity index is 2.85. The van der Waals surface area contributed by atoms with Gasteiger partial charge < -0.3 is 0 Å². The molecule has 1 aromatic rings. The summed E-state index contributed by atoms with van der Waals surface area (Å²) in [6, 6.07) is 1.43. The molecule has 1 rings (SSSR count). The van der Waals surface area contributed by atoms with Gasteiger partial charge in [0.2, 0.25) is 5.24 Å². The number of halogens is 3. The first-order valence-electron chi connectivity index (χ1n) is 2.67. The monoisotopic (exact) mass is 212 g/mol. The molecule has 0 bridgehead atoms. The highest BCUT2D eigenvalue weighted by Gasteiger charge is 2.05. The summed E-state index contributed by atoms with van der Waals surface area (Å²) < 4.78 is 1.22. The normalized spacial score (nSPS) is 10.1. The van der Waals surface area contributed by atoms with Crippen LogP contribution in [0.4, 0.5) is 0 Å². The van der Waals surface area contributed by atoms with Crippen LogP contribution in [0.25, 0.3) is 0 Å². The summed E-state index contributed by atoms with van der Waals surface area (Å²) in [7, 11) is 0. The SMILES string of the molecule is O=C(Cl)Cn1nc(Cl)cc1Cl. The van der Waals surface area contributed by atoms with Crippen molar-refractivity contribution in [3.05, 3.63) is 16.4 Å². The van der Waals surface area contributed by atoms with E-state index < -0.39 is 5.24 Å². The Morgan fingerprint density at radius 1 is 1.64 bits per heavy atom. The first-order valence-corrected chi connectivity index (χ1v) is 3.80. The molecule has 0 aliphatic rings. The van der Waals surface area contributed by atoms with E-state index in [0.29, 0.717) is 5.15 Å². The summed E-state index contributed by atoms with van der Waals surface area (Å²) in [6.45, 7) is -0.0624. The van der Waals surface area contributed by atoms with Crippen molar-refractivity contribution in [3.8, 4) is 0 Å². The average Bonchev–Trinajstić information content (AvgIpc) is 2.09. The molecule has 0 radical (unpaired) electrons. The van der Waals surface area contributed by atoms with E-state index >= 15 is 0 Å². The van der Waals surface area contributed by atoms with Gasteiger partial charge in [0.1, 0.15) is 11.7 Å². The lowest BCUT2D eigenvalue weighted by Crippen LogP contribution is -2.05. The van der Waals surface area contributed by atoms with Crippen molar-refractivity contribution < 1.29 is 4.79 Å². The van der Waals surface area contributed by atoms with Gasteiger partial charge in [-0.3, -0.25) is 4.79 Å². The van der Waals surface area contributed by atoms with Crippen LogP contribution in [-0.4, -0.2) is 15.0 Å². The maximum Gasteiger partial charge on any atom is 0.243 e. The Morgan fingerprint density at radius 3 is 2.64 bits per heavy atom. The molecule has 0 saturated carbocycles. The Morgan fingerprint density at radius 2 is 2.27 bits per heavy atom. The van der Waals surface area contributed by atoms with Crippen molar-refractivity contribution in [1.82, 2.24) is 9.78 Å². The maximum atomic E-state index is 10.4. The molecule has 0 spiro atoms. The third-order valence-corrected chi connectivity index (χ3v) is 1.58. The van der Waals surface area contributed by atoms with Crippen molar-refractivity contribution in [2.24, 2.45) is 0 Å². The van der Waals surface area contributed by atoms with Crippen molar-refractivity contribution >= 4 is 40.0 Å². The molecule has 0 fully saturated rings. The molecule has 6 heteroatoms. The minimum atomic E-state index is -0.535. The standard InChI is InChI=1S/C5H3Cl3N2O/c6-3-1-4(7)10(9-3)2-5(8)11/h1H,2H2. The van der Waals surface area contributed by atoms with Crippen molar-refractivity contribution in [2.75, 3.05) is 0 Å². The summed E-state index contributed by atoms with van der Waals surface area (Å²) in [5, 5.41) is 3.70. The van der Waals surface area contributed by atoms with Gasteiger partial charge in [-0.25, -0.2) is 4.68 Å². The fourth-order valence-corrected chi connectivity index (χ4v) is 1.16. The number of hydrogen-bond acceptors (Lipinski definition) is 2. The molecule has 0 aromatic carbocycles. The zero-order valence-electron chi connectivity index (χ0n) is 5.22. The second-order valence-corrected chi connectivity index (χ2v) is 3.00. The van der Waals surface area contributed by atoms with Gasteiger partial charge in [0.15, 0.2) is 5.15 Å². The summed E-state index contributed by atoms with van der Waals surface area (Å²) in [5.74, 6) is 0. The van der Waals surface area contributed by atoms with Crippen LogP contribution in [0.2, 0.25) is 10.3 Å². The van der Waals surface area contributed by atoms with Gasteiger partial charge in [0.05, 0.1) is 0 Å². The van der Waals surface area contributed by atoms with Crippen molar-refractivity contribution in [3.63, 3.8) is 0 Å². The molecule has 11 heavy (non-hydrogen) atoms. The van der Waals surface area contributed by atoms with E-state index in [1.165, 1.54) is 10.7 Å². The zero-order chi connectivity index (χ0) is 8.43. The molecule has 0 aliphatic carbocycles. The Hall–Kier alpha value is -0.250. The predicted octanol–water partition coefficient (Wildman–Crippen LogP) is 1.96. The smallest absolute Gasteiger partial charge is 0.243 e. The lowest BCUT2D eigenvalue weighted by molar-refractivity contribution is -0.112. The van der Waals surface area contributed by atoms with E-state index in [-0.39, 0.29) is 11.7 Å².